The Kier molecular flexibility index (Phi) is 7.69. The summed E-state index contributed by atoms with van der Waals surface area (Å²) in [6, 6.07) is 9.28. The molecule has 0 aliphatic carbocycles. The number of thiophene rings is 1. The summed E-state index contributed by atoms with van der Waals surface area (Å²) < 4.78 is 12.3. The number of amides is 1. The molecule has 0 spiro atoms. The van der Waals surface area contributed by atoms with Crippen LogP contribution in [0.4, 0.5) is 5.00 Å². The number of esters is 1. The standard InChI is InChI=1S/C21H24N4O4S2/c1-5-29-20(27)14-10-17(13(2)3)31-19(14)23-18(26)11-30-21-24-22-12-25(21)15-8-6-7-9-16(15)28-4/h6-10,12-13H,5,11H2,1-4H3,(H,23,26). The number of methoxy groups -OCH3 is 1. The molecule has 3 aromatic rings. The first-order valence-electron chi connectivity index (χ1n) is 9.71. The van der Waals surface area contributed by atoms with E-state index in [9.17, 15) is 9.59 Å². The van der Waals surface area contributed by atoms with Crippen molar-refractivity contribution in [1.82, 2.24) is 14.8 Å². The van der Waals surface area contributed by atoms with E-state index in [0.29, 0.717) is 21.5 Å². The first-order chi connectivity index (χ1) is 14.9. The van der Waals surface area contributed by atoms with Gasteiger partial charge in [0, 0.05) is 4.88 Å². The highest BCUT2D eigenvalue weighted by Gasteiger charge is 2.21. The SMILES string of the molecule is CCOC(=O)c1cc(C(C)C)sc1NC(=O)CSc1nncn1-c1ccccc1OC. The molecule has 1 N–H and O–H groups in total. The Morgan fingerprint density at radius 3 is 2.77 bits per heavy atom. The molecule has 0 radical (unpaired) electrons. The van der Waals surface area contributed by atoms with Crippen molar-refractivity contribution in [2.45, 2.75) is 31.8 Å². The monoisotopic (exact) mass is 460 g/mol. The minimum Gasteiger partial charge on any atom is -0.495 e. The lowest BCUT2D eigenvalue weighted by Crippen LogP contribution is -2.16. The highest BCUT2D eigenvalue weighted by molar-refractivity contribution is 7.99. The summed E-state index contributed by atoms with van der Waals surface area (Å²) >= 11 is 2.63. The van der Waals surface area contributed by atoms with Gasteiger partial charge in [-0.05, 0) is 31.0 Å². The number of aromatic nitrogens is 3. The fourth-order valence-electron chi connectivity index (χ4n) is 2.76. The number of rotatable bonds is 9. The minimum atomic E-state index is -0.440. The van der Waals surface area contributed by atoms with E-state index in [-0.39, 0.29) is 24.2 Å². The van der Waals surface area contributed by atoms with Gasteiger partial charge >= 0.3 is 5.97 Å². The number of nitrogens with zero attached hydrogens (tertiary/aromatic N) is 3. The quantitative estimate of drug-likeness (QED) is 0.374. The number of nitrogens with one attached hydrogen (secondary N) is 1. The number of hydrogen-bond acceptors (Lipinski definition) is 8. The summed E-state index contributed by atoms with van der Waals surface area (Å²) in [5.74, 6) is 0.322. The Labute approximate surface area is 189 Å². The van der Waals surface area contributed by atoms with Crippen LogP contribution in [-0.4, -0.2) is 46.1 Å². The predicted molar refractivity (Wildman–Crippen MR) is 122 cm³/mol. The summed E-state index contributed by atoms with van der Waals surface area (Å²) in [4.78, 5) is 25.9. The fraction of sp³-hybridized carbons (Fsp3) is 0.333. The van der Waals surface area contributed by atoms with Crippen molar-refractivity contribution in [3.05, 3.63) is 47.1 Å². The van der Waals surface area contributed by atoms with Crippen LogP contribution in [-0.2, 0) is 9.53 Å². The number of hydrogen-bond donors (Lipinski definition) is 1. The second kappa shape index (κ2) is 10.5. The van der Waals surface area contributed by atoms with Crippen LogP contribution in [0.2, 0.25) is 0 Å². The maximum atomic E-state index is 12.6. The molecule has 8 nitrogen and oxygen atoms in total. The second-order valence-corrected chi connectivity index (χ2v) is 8.79. The molecule has 3 rings (SSSR count). The number of ether oxygens (including phenoxy) is 2. The van der Waals surface area contributed by atoms with E-state index < -0.39 is 5.97 Å². The van der Waals surface area contributed by atoms with Crippen LogP contribution < -0.4 is 10.1 Å². The van der Waals surface area contributed by atoms with Gasteiger partial charge in [-0.2, -0.15) is 0 Å². The summed E-state index contributed by atoms with van der Waals surface area (Å²) in [5, 5.41) is 12.0. The van der Waals surface area contributed by atoms with Crippen molar-refractivity contribution < 1.29 is 19.1 Å². The lowest BCUT2D eigenvalue weighted by Gasteiger charge is -2.10. The number of thioether (sulfide) groups is 1. The molecule has 0 aliphatic rings. The van der Waals surface area contributed by atoms with Gasteiger partial charge in [0.2, 0.25) is 5.91 Å². The van der Waals surface area contributed by atoms with Crippen molar-refractivity contribution in [3.63, 3.8) is 0 Å². The van der Waals surface area contributed by atoms with E-state index in [1.165, 1.54) is 23.1 Å². The normalized spacial score (nSPS) is 10.9. The first kappa shape index (κ1) is 22.8. The molecule has 0 fully saturated rings. The van der Waals surface area contributed by atoms with Gasteiger partial charge in [-0.3, -0.25) is 9.36 Å². The number of carbonyl (C=O) groups is 2. The topological polar surface area (TPSA) is 95.3 Å². The molecule has 0 bridgehead atoms. The van der Waals surface area contributed by atoms with Crippen LogP contribution in [0.3, 0.4) is 0 Å². The predicted octanol–water partition coefficient (Wildman–Crippen LogP) is 4.37. The van der Waals surface area contributed by atoms with Gasteiger partial charge in [-0.25, -0.2) is 4.79 Å². The Hall–Kier alpha value is -2.85. The lowest BCUT2D eigenvalue weighted by atomic mass is 10.1. The first-order valence-corrected chi connectivity index (χ1v) is 11.5. The molecule has 0 saturated carbocycles. The van der Waals surface area contributed by atoms with E-state index in [0.717, 1.165) is 10.6 Å². The van der Waals surface area contributed by atoms with Gasteiger partial charge in [0.25, 0.3) is 0 Å². The second-order valence-electron chi connectivity index (χ2n) is 6.76. The number of benzene rings is 1. The van der Waals surface area contributed by atoms with Crippen LogP contribution in [0.1, 0.15) is 41.9 Å². The molecule has 0 aliphatic heterocycles. The molecule has 164 valence electrons. The van der Waals surface area contributed by atoms with Gasteiger partial charge in [-0.15, -0.1) is 21.5 Å². The maximum absolute atomic E-state index is 12.6. The Morgan fingerprint density at radius 1 is 1.29 bits per heavy atom. The molecular formula is C21H24N4O4S2. The third kappa shape index (κ3) is 5.45. The smallest absolute Gasteiger partial charge is 0.341 e. The molecule has 0 unspecified atom stereocenters. The van der Waals surface area contributed by atoms with Gasteiger partial charge < -0.3 is 14.8 Å². The van der Waals surface area contributed by atoms with Crippen molar-refractivity contribution >= 4 is 40.0 Å². The summed E-state index contributed by atoms with van der Waals surface area (Å²) in [6.07, 6.45) is 1.57. The van der Waals surface area contributed by atoms with Crippen molar-refractivity contribution in [3.8, 4) is 11.4 Å². The Balaban J connectivity index is 1.72. The largest absolute Gasteiger partial charge is 0.495 e. The summed E-state index contributed by atoms with van der Waals surface area (Å²) in [5.41, 5.74) is 1.16. The van der Waals surface area contributed by atoms with Gasteiger partial charge in [-0.1, -0.05) is 37.7 Å². The third-order valence-electron chi connectivity index (χ3n) is 4.26. The molecule has 10 heteroatoms. The zero-order chi connectivity index (χ0) is 22.4. The fourth-order valence-corrected chi connectivity index (χ4v) is 4.54. The molecule has 2 aromatic heterocycles. The van der Waals surface area contributed by atoms with Crippen LogP contribution in [0.25, 0.3) is 5.69 Å². The van der Waals surface area contributed by atoms with E-state index in [4.69, 9.17) is 9.47 Å². The summed E-state index contributed by atoms with van der Waals surface area (Å²) in [7, 11) is 1.59. The number of anilines is 1. The lowest BCUT2D eigenvalue weighted by molar-refractivity contribution is -0.113. The van der Waals surface area contributed by atoms with Crippen molar-refractivity contribution in [1.29, 1.82) is 0 Å². The zero-order valence-electron chi connectivity index (χ0n) is 17.7. The average molecular weight is 461 g/mol. The Morgan fingerprint density at radius 2 is 2.06 bits per heavy atom. The van der Waals surface area contributed by atoms with E-state index >= 15 is 0 Å². The highest BCUT2D eigenvalue weighted by atomic mass is 32.2. The van der Waals surface area contributed by atoms with Gasteiger partial charge in [0.15, 0.2) is 5.16 Å². The van der Waals surface area contributed by atoms with E-state index in [2.05, 4.69) is 15.5 Å². The van der Waals surface area contributed by atoms with Crippen molar-refractivity contribution in [2.75, 3.05) is 24.8 Å². The van der Waals surface area contributed by atoms with Crippen molar-refractivity contribution in [2.24, 2.45) is 0 Å². The molecule has 1 amide bonds. The Bertz CT molecular complexity index is 1060. The average Bonchev–Trinajstić information content (AvgIpc) is 3.39. The van der Waals surface area contributed by atoms with Gasteiger partial charge in [0.05, 0.1) is 30.7 Å². The summed E-state index contributed by atoms with van der Waals surface area (Å²) in [6.45, 7) is 6.09. The van der Waals surface area contributed by atoms with Crippen LogP contribution in [0.5, 0.6) is 5.75 Å². The van der Waals surface area contributed by atoms with Crippen LogP contribution >= 0.6 is 23.1 Å². The zero-order valence-corrected chi connectivity index (χ0v) is 19.4. The minimum absolute atomic E-state index is 0.102. The number of para-hydroxylation sites is 2. The molecule has 0 saturated heterocycles. The molecule has 0 atom stereocenters. The van der Waals surface area contributed by atoms with Gasteiger partial charge in [0.1, 0.15) is 17.1 Å². The maximum Gasteiger partial charge on any atom is 0.341 e. The third-order valence-corrected chi connectivity index (χ3v) is 6.56. The number of carbonyl (C=O) groups excluding carboxylic acids is 2. The van der Waals surface area contributed by atoms with Crippen LogP contribution in [0.15, 0.2) is 41.8 Å². The molecule has 1 aromatic carbocycles. The highest BCUT2D eigenvalue weighted by Crippen LogP contribution is 2.34. The van der Waals surface area contributed by atoms with E-state index in [1.54, 1.807) is 31.0 Å². The molecule has 31 heavy (non-hydrogen) atoms. The molecule has 2 heterocycles. The molecular weight excluding hydrogens is 436 g/mol. The van der Waals surface area contributed by atoms with Crippen LogP contribution in [0, 0.1) is 0 Å². The van der Waals surface area contributed by atoms with E-state index in [1.807, 2.05) is 38.1 Å².